The molecular formula is C21H17F3N4O. The molecule has 0 aliphatic carbocycles. The quantitative estimate of drug-likeness (QED) is 0.653. The van der Waals surface area contributed by atoms with Crippen LogP contribution in [-0.4, -0.2) is 32.3 Å². The summed E-state index contributed by atoms with van der Waals surface area (Å²) in [5.74, 6) is -0.433. The molecule has 0 bridgehead atoms. The Bertz CT molecular complexity index is 1070. The fraction of sp³-hybridized carbons (Fsp3) is 0.238. The van der Waals surface area contributed by atoms with Gasteiger partial charge >= 0.3 is 6.18 Å². The number of carbonyl (C=O) groups excluding carboxylic acids is 1. The Morgan fingerprint density at radius 3 is 2.62 bits per heavy atom. The number of nitrogens with zero attached hydrogens (tertiary/aromatic N) is 4. The van der Waals surface area contributed by atoms with Crippen LogP contribution in [0.25, 0.3) is 11.4 Å². The Balaban J connectivity index is 1.64. The number of carbonyl (C=O) groups is 1. The number of benzene rings is 1. The predicted octanol–water partition coefficient (Wildman–Crippen LogP) is 4.06. The summed E-state index contributed by atoms with van der Waals surface area (Å²) in [5.41, 5.74) is 2.24. The molecule has 0 radical (unpaired) electrons. The molecule has 29 heavy (non-hydrogen) atoms. The number of halogens is 3. The highest BCUT2D eigenvalue weighted by Gasteiger charge is 2.34. The van der Waals surface area contributed by atoms with Gasteiger partial charge in [0.1, 0.15) is 6.33 Å². The summed E-state index contributed by atoms with van der Waals surface area (Å²) in [6, 6.07) is 9.22. The molecule has 0 unspecified atom stereocenters. The van der Waals surface area contributed by atoms with Gasteiger partial charge in [-0.15, -0.1) is 0 Å². The highest BCUT2D eigenvalue weighted by molar-refractivity contribution is 5.96. The molecule has 0 saturated carbocycles. The van der Waals surface area contributed by atoms with E-state index in [4.69, 9.17) is 0 Å². The first-order valence-electron chi connectivity index (χ1n) is 9.06. The van der Waals surface area contributed by atoms with Gasteiger partial charge in [-0.3, -0.25) is 9.78 Å². The molecule has 4 rings (SSSR count). The summed E-state index contributed by atoms with van der Waals surface area (Å²) in [6.07, 6.45) is -0.892. The number of hydrogen-bond donors (Lipinski definition) is 0. The van der Waals surface area contributed by atoms with Crippen molar-refractivity contribution in [2.75, 3.05) is 6.54 Å². The minimum atomic E-state index is -4.50. The lowest BCUT2D eigenvalue weighted by molar-refractivity contribution is -0.138. The first-order valence-corrected chi connectivity index (χ1v) is 9.06. The zero-order valence-electron chi connectivity index (χ0n) is 15.6. The molecule has 2 aromatic heterocycles. The molecule has 3 heterocycles. The van der Waals surface area contributed by atoms with Crippen LogP contribution in [0.5, 0.6) is 0 Å². The fourth-order valence-electron chi connectivity index (χ4n) is 3.60. The Hall–Kier alpha value is -3.29. The van der Waals surface area contributed by atoms with Crippen LogP contribution < -0.4 is 0 Å². The summed E-state index contributed by atoms with van der Waals surface area (Å²) >= 11 is 0. The van der Waals surface area contributed by atoms with Crippen molar-refractivity contribution in [2.45, 2.75) is 26.1 Å². The van der Waals surface area contributed by atoms with Crippen LogP contribution in [0.3, 0.4) is 0 Å². The van der Waals surface area contributed by atoms with Crippen molar-refractivity contribution >= 4 is 5.91 Å². The lowest BCUT2D eigenvalue weighted by Gasteiger charge is -2.29. The normalized spacial score (nSPS) is 13.9. The zero-order valence-corrected chi connectivity index (χ0v) is 15.6. The van der Waals surface area contributed by atoms with E-state index in [1.54, 1.807) is 6.20 Å². The minimum absolute atomic E-state index is 0.0577. The Morgan fingerprint density at radius 2 is 1.90 bits per heavy atom. The summed E-state index contributed by atoms with van der Waals surface area (Å²) in [5, 5.41) is 0. The molecule has 0 N–H and O–H groups in total. The van der Waals surface area contributed by atoms with E-state index in [0.717, 1.165) is 23.0 Å². The van der Waals surface area contributed by atoms with Gasteiger partial charge in [-0.2, -0.15) is 13.2 Å². The van der Waals surface area contributed by atoms with Crippen LogP contribution in [0.2, 0.25) is 0 Å². The van der Waals surface area contributed by atoms with E-state index in [-0.39, 0.29) is 17.7 Å². The van der Waals surface area contributed by atoms with Crippen LogP contribution in [0.15, 0.2) is 48.9 Å². The van der Waals surface area contributed by atoms with E-state index >= 15 is 0 Å². The average molecular weight is 398 g/mol. The van der Waals surface area contributed by atoms with Gasteiger partial charge in [0.25, 0.3) is 5.91 Å². The SMILES string of the molecule is Cc1c(C(=O)N2CCc3c(ncnc3-c3ccccn3)C2)cccc1C(F)(F)F. The van der Waals surface area contributed by atoms with E-state index in [1.807, 2.05) is 18.2 Å². The molecule has 0 spiro atoms. The van der Waals surface area contributed by atoms with E-state index in [0.29, 0.717) is 18.7 Å². The number of pyridine rings is 1. The van der Waals surface area contributed by atoms with Crippen LogP contribution in [0.1, 0.15) is 32.7 Å². The number of amides is 1. The van der Waals surface area contributed by atoms with Gasteiger partial charge in [0.05, 0.1) is 29.2 Å². The van der Waals surface area contributed by atoms with Gasteiger partial charge in [-0.05, 0) is 43.2 Å². The van der Waals surface area contributed by atoms with Crippen LogP contribution in [0.4, 0.5) is 13.2 Å². The standard InChI is InChI=1S/C21H17F3N4O/c1-13-14(5-4-6-16(13)21(22,23)24)20(29)28-10-8-15-18(11-28)26-12-27-19(15)17-7-2-3-9-25-17/h2-7,9,12H,8,10-11H2,1H3. The molecule has 148 valence electrons. The van der Waals surface area contributed by atoms with Crippen molar-refractivity contribution in [3.8, 4) is 11.4 Å². The van der Waals surface area contributed by atoms with Crippen molar-refractivity contribution < 1.29 is 18.0 Å². The van der Waals surface area contributed by atoms with Gasteiger partial charge in [-0.1, -0.05) is 12.1 Å². The largest absolute Gasteiger partial charge is 0.416 e. The van der Waals surface area contributed by atoms with Gasteiger partial charge in [0, 0.05) is 23.9 Å². The van der Waals surface area contributed by atoms with Gasteiger partial charge in [-0.25, -0.2) is 9.97 Å². The third kappa shape index (κ3) is 3.57. The van der Waals surface area contributed by atoms with E-state index in [1.165, 1.54) is 30.3 Å². The molecule has 0 saturated heterocycles. The molecule has 1 amide bonds. The van der Waals surface area contributed by atoms with Crippen LogP contribution in [0, 0.1) is 6.92 Å². The van der Waals surface area contributed by atoms with Crippen LogP contribution >= 0.6 is 0 Å². The Labute approximate surface area is 165 Å². The summed E-state index contributed by atoms with van der Waals surface area (Å²) in [6.45, 7) is 1.91. The predicted molar refractivity (Wildman–Crippen MR) is 99.9 cm³/mol. The highest BCUT2D eigenvalue weighted by atomic mass is 19.4. The minimum Gasteiger partial charge on any atom is -0.332 e. The van der Waals surface area contributed by atoms with Gasteiger partial charge in [0.15, 0.2) is 0 Å². The lowest BCUT2D eigenvalue weighted by atomic mass is 9.98. The van der Waals surface area contributed by atoms with Gasteiger partial charge < -0.3 is 4.90 Å². The first kappa shape index (κ1) is 19.0. The maximum Gasteiger partial charge on any atom is 0.416 e. The number of alkyl halides is 3. The third-order valence-corrected chi connectivity index (χ3v) is 5.07. The molecule has 8 heteroatoms. The second-order valence-corrected chi connectivity index (χ2v) is 6.82. The summed E-state index contributed by atoms with van der Waals surface area (Å²) in [4.78, 5) is 27.5. The Morgan fingerprint density at radius 1 is 1.07 bits per heavy atom. The number of hydrogen-bond acceptors (Lipinski definition) is 4. The molecular weight excluding hydrogens is 381 g/mol. The molecule has 1 aromatic carbocycles. The molecule has 1 aliphatic heterocycles. The smallest absolute Gasteiger partial charge is 0.332 e. The van der Waals surface area contributed by atoms with Crippen molar-refractivity contribution in [3.63, 3.8) is 0 Å². The topological polar surface area (TPSA) is 59.0 Å². The second-order valence-electron chi connectivity index (χ2n) is 6.82. The number of rotatable bonds is 2. The van der Waals surface area contributed by atoms with Crippen molar-refractivity contribution in [2.24, 2.45) is 0 Å². The summed E-state index contributed by atoms with van der Waals surface area (Å²) < 4.78 is 39.6. The number of aromatic nitrogens is 3. The first-order chi connectivity index (χ1) is 13.9. The van der Waals surface area contributed by atoms with Gasteiger partial charge in [0.2, 0.25) is 0 Å². The monoisotopic (exact) mass is 398 g/mol. The maximum absolute atomic E-state index is 13.2. The zero-order chi connectivity index (χ0) is 20.6. The van der Waals surface area contributed by atoms with E-state index < -0.39 is 17.6 Å². The third-order valence-electron chi connectivity index (χ3n) is 5.07. The van der Waals surface area contributed by atoms with Crippen molar-refractivity contribution in [3.05, 3.63) is 76.9 Å². The molecule has 5 nitrogen and oxygen atoms in total. The second kappa shape index (κ2) is 7.27. The lowest BCUT2D eigenvalue weighted by Crippen LogP contribution is -2.37. The fourth-order valence-corrected chi connectivity index (χ4v) is 3.60. The highest BCUT2D eigenvalue weighted by Crippen LogP contribution is 2.34. The average Bonchev–Trinajstić information content (AvgIpc) is 2.72. The number of fused-ring (bicyclic) bond motifs is 1. The molecule has 3 aromatic rings. The maximum atomic E-state index is 13.2. The van der Waals surface area contributed by atoms with Crippen LogP contribution in [-0.2, 0) is 19.1 Å². The van der Waals surface area contributed by atoms with E-state index in [2.05, 4.69) is 15.0 Å². The Kier molecular flexibility index (Phi) is 4.77. The van der Waals surface area contributed by atoms with E-state index in [9.17, 15) is 18.0 Å². The summed E-state index contributed by atoms with van der Waals surface area (Å²) in [7, 11) is 0. The molecule has 0 atom stereocenters. The van der Waals surface area contributed by atoms with Crippen molar-refractivity contribution in [1.82, 2.24) is 19.9 Å². The van der Waals surface area contributed by atoms with Crippen molar-refractivity contribution in [1.29, 1.82) is 0 Å². The molecule has 1 aliphatic rings. The molecule has 0 fully saturated rings.